The van der Waals surface area contributed by atoms with Crippen LogP contribution in [0.4, 0.5) is 0 Å². The van der Waals surface area contributed by atoms with E-state index in [-0.39, 0.29) is 37.2 Å². The molecule has 2 aromatic carbocycles. The molecule has 1 N–H and O–H groups in total. The molecular weight excluding hydrogens is 362 g/mol. The largest absolute Gasteiger partial charge is 0.481 e. The minimum atomic E-state index is -0.979. The summed E-state index contributed by atoms with van der Waals surface area (Å²) in [5, 5.41) is 9.32. The lowest BCUT2D eigenvalue weighted by Gasteiger charge is -2.13. The average Bonchev–Trinajstić information content (AvgIpc) is 3.09. The molecule has 0 radical (unpaired) electrons. The van der Waals surface area contributed by atoms with Gasteiger partial charge in [0.25, 0.3) is 0 Å². The van der Waals surface area contributed by atoms with Gasteiger partial charge in [0, 0.05) is 25.2 Å². The van der Waals surface area contributed by atoms with E-state index >= 15 is 0 Å². The fourth-order valence-corrected chi connectivity index (χ4v) is 3.93. The van der Waals surface area contributed by atoms with Crippen molar-refractivity contribution in [2.24, 2.45) is 5.92 Å². The molecule has 0 bridgehead atoms. The van der Waals surface area contributed by atoms with Gasteiger partial charge in [-0.25, -0.2) is 4.98 Å². The maximum Gasteiger partial charge on any atom is 0.303 e. The van der Waals surface area contributed by atoms with Crippen LogP contribution in [0.3, 0.4) is 0 Å². The lowest BCUT2D eigenvalue weighted by atomic mass is 9.91. The van der Waals surface area contributed by atoms with Crippen LogP contribution in [-0.4, -0.2) is 27.6 Å². The van der Waals surface area contributed by atoms with Crippen LogP contribution in [0, 0.1) is 5.92 Å². The Kier molecular flexibility index (Phi) is 6.08. The second kappa shape index (κ2) is 8.68. The van der Waals surface area contributed by atoms with Crippen molar-refractivity contribution in [3.8, 4) is 0 Å². The Morgan fingerprint density at radius 1 is 1.00 bits per heavy atom. The first kappa shape index (κ1) is 18.9. The third-order valence-electron chi connectivity index (χ3n) is 4.30. The highest BCUT2D eigenvalue weighted by molar-refractivity contribution is 7.20. The zero-order valence-corrected chi connectivity index (χ0v) is 15.4. The zero-order chi connectivity index (χ0) is 19.2. The van der Waals surface area contributed by atoms with E-state index in [4.69, 9.17) is 5.11 Å². The number of Topliss-reactive ketones (excluding diaryl/α,β-unsaturated/α-hetero) is 2. The minimum absolute atomic E-state index is 0.0247. The number of rotatable bonds is 9. The first-order valence-electron chi connectivity index (χ1n) is 8.70. The summed E-state index contributed by atoms with van der Waals surface area (Å²) < 4.78 is 0.897. The molecule has 5 nitrogen and oxygen atoms in total. The maximum atomic E-state index is 12.9. The summed E-state index contributed by atoms with van der Waals surface area (Å²) in [6, 6.07) is 16.8. The smallest absolute Gasteiger partial charge is 0.303 e. The number of benzene rings is 2. The zero-order valence-electron chi connectivity index (χ0n) is 14.6. The predicted molar refractivity (Wildman–Crippen MR) is 104 cm³/mol. The number of fused-ring (bicyclic) bond motifs is 1. The van der Waals surface area contributed by atoms with E-state index in [1.165, 1.54) is 11.3 Å². The summed E-state index contributed by atoms with van der Waals surface area (Å²) in [5.41, 5.74) is 1.62. The first-order chi connectivity index (χ1) is 13.0. The Morgan fingerprint density at radius 3 is 2.41 bits per heavy atom. The minimum Gasteiger partial charge on any atom is -0.481 e. The molecular formula is C21H19NO4S. The van der Waals surface area contributed by atoms with Crippen LogP contribution in [0.1, 0.15) is 34.6 Å². The van der Waals surface area contributed by atoms with Gasteiger partial charge >= 0.3 is 5.97 Å². The first-order valence-corrected chi connectivity index (χ1v) is 9.52. The molecule has 1 atom stereocenters. The molecule has 0 unspecified atom stereocenters. The molecule has 27 heavy (non-hydrogen) atoms. The summed E-state index contributed by atoms with van der Waals surface area (Å²) in [7, 11) is 0. The van der Waals surface area contributed by atoms with Gasteiger partial charge in [-0.05, 0) is 24.1 Å². The quantitative estimate of drug-likeness (QED) is 0.563. The van der Waals surface area contributed by atoms with Crippen molar-refractivity contribution < 1.29 is 19.5 Å². The molecule has 1 heterocycles. The fourth-order valence-electron chi connectivity index (χ4n) is 2.95. The van der Waals surface area contributed by atoms with Crippen molar-refractivity contribution in [1.82, 2.24) is 4.98 Å². The summed E-state index contributed by atoms with van der Waals surface area (Å²) in [6.45, 7) is 0. The van der Waals surface area contributed by atoms with Crippen molar-refractivity contribution in [3.63, 3.8) is 0 Å². The van der Waals surface area contributed by atoms with E-state index in [0.29, 0.717) is 5.01 Å². The molecule has 3 rings (SSSR count). The van der Waals surface area contributed by atoms with E-state index in [1.54, 1.807) is 0 Å². The molecule has 0 saturated carbocycles. The second-order valence-corrected chi connectivity index (χ2v) is 7.42. The number of aliphatic carboxylic acids is 1. The number of thiazole rings is 1. The SMILES string of the molecule is O=C(O)CC[C@H](CC(=O)Cc1ccccc1)C(=O)c1nc2ccccc2s1. The summed E-state index contributed by atoms with van der Waals surface area (Å²) >= 11 is 1.28. The third kappa shape index (κ3) is 5.08. The second-order valence-electron chi connectivity index (χ2n) is 6.39. The van der Waals surface area contributed by atoms with E-state index in [0.717, 1.165) is 15.8 Å². The van der Waals surface area contributed by atoms with Crippen LogP contribution in [0.15, 0.2) is 54.6 Å². The summed E-state index contributed by atoms with van der Waals surface area (Å²) in [4.78, 5) is 40.7. The van der Waals surface area contributed by atoms with Crippen molar-refractivity contribution in [2.45, 2.75) is 25.7 Å². The monoisotopic (exact) mass is 381 g/mol. The lowest BCUT2D eigenvalue weighted by molar-refractivity contribution is -0.137. The number of carboxylic acids is 1. The number of hydrogen-bond acceptors (Lipinski definition) is 5. The number of carboxylic acid groups (broad SMARTS) is 1. The Hall–Kier alpha value is -2.86. The van der Waals surface area contributed by atoms with Gasteiger partial charge < -0.3 is 5.11 Å². The van der Waals surface area contributed by atoms with E-state index in [2.05, 4.69) is 4.98 Å². The normalized spacial score (nSPS) is 12.0. The van der Waals surface area contributed by atoms with Gasteiger partial charge in [-0.3, -0.25) is 14.4 Å². The Labute approximate surface area is 160 Å². The number of nitrogens with zero attached hydrogens (tertiary/aromatic N) is 1. The van der Waals surface area contributed by atoms with Crippen LogP contribution in [-0.2, 0) is 16.0 Å². The van der Waals surface area contributed by atoms with E-state index < -0.39 is 11.9 Å². The van der Waals surface area contributed by atoms with Crippen LogP contribution in [0.5, 0.6) is 0 Å². The number of carbonyl (C=O) groups is 3. The van der Waals surface area contributed by atoms with Crippen LogP contribution in [0.25, 0.3) is 10.2 Å². The van der Waals surface area contributed by atoms with Crippen molar-refractivity contribution in [2.75, 3.05) is 0 Å². The lowest BCUT2D eigenvalue weighted by Crippen LogP contribution is -2.21. The Morgan fingerprint density at radius 2 is 1.70 bits per heavy atom. The highest BCUT2D eigenvalue weighted by Crippen LogP contribution is 2.26. The van der Waals surface area contributed by atoms with Gasteiger partial charge in [0.05, 0.1) is 10.2 Å². The summed E-state index contributed by atoms with van der Waals surface area (Å²) in [5.74, 6) is -1.98. The molecule has 0 spiro atoms. The molecule has 3 aromatic rings. The molecule has 0 saturated heterocycles. The number of aromatic nitrogens is 1. The molecule has 0 fully saturated rings. The van der Waals surface area contributed by atoms with E-state index in [1.807, 2.05) is 54.6 Å². The Bertz CT molecular complexity index is 931. The van der Waals surface area contributed by atoms with Gasteiger partial charge in [0.2, 0.25) is 0 Å². The number of ketones is 2. The molecule has 1 aromatic heterocycles. The number of hydrogen-bond donors (Lipinski definition) is 1. The maximum absolute atomic E-state index is 12.9. The van der Waals surface area contributed by atoms with Crippen molar-refractivity contribution in [1.29, 1.82) is 0 Å². The van der Waals surface area contributed by atoms with Gasteiger partial charge in [-0.15, -0.1) is 11.3 Å². The average molecular weight is 381 g/mol. The van der Waals surface area contributed by atoms with Gasteiger partial charge in [-0.2, -0.15) is 0 Å². The number of carbonyl (C=O) groups excluding carboxylic acids is 2. The highest BCUT2D eigenvalue weighted by atomic mass is 32.1. The fraction of sp³-hybridized carbons (Fsp3) is 0.238. The number of para-hydroxylation sites is 1. The molecule has 0 aliphatic carbocycles. The summed E-state index contributed by atoms with van der Waals surface area (Å²) in [6.07, 6.45) is 0.235. The van der Waals surface area contributed by atoms with Crippen molar-refractivity contribution in [3.05, 3.63) is 65.2 Å². The van der Waals surface area contributed by atoms with Crippen LogP contribution >= 0.6 is 11.3 Å². The molecule has 6 heteroatoms. The van der Waals surface area contributed by atoms with Gasteiger partial charge in [-0.1, -0.05) is 42.5 Å². The third-order valence-corrected chi connectivity index (χ3v) is 5.35. The highest BCUT2D eigenvalue weighted by Gasteiger charge is 2.26. The molecule has 0 aliphatic rings. The van der Waals surface area contributed by atoms with Crippen LogP contribution < -0.4 is 0 Å². The molecule has 0 aliphatic heterocycles. The molecule has 138 valence electrons. The van der Waals surface area contributed by atoms with Crippen molar-refractivity contribution >= 4 is 39.1 Å². The van der Waals surface area contributed by atoms with Gasteiger partial charge in [0.15, 0.2) is 10.8 Å². The van der Waals surface area contributed by atoms with Gasteiger partial charge in [0.1, 0.15) is 5.78 Å². The standard InChI is InChI=1S/C21H19NO4S/c23-16(12-14-6-2-1-3-7-14)13-15(10-11-19(24)25)20(26)21-22-17-8-4-5-9-18(17)27-21/h1-9,15H,10-13H2,(H,24,25)/t15-/m1/s1. The topological polar surface area (TPSA) is 84.3 Å². The van der Waals surface area contributed by atoms with E-state index in [9.17, 15) is 14.4 Å². The Balaban J connectivity index is 1.76. The molecule has 0 amide bonds. The predicted octanol–water partition coefficient (Wildman–Crippen LogP) is 4.16. The van der Waals surface area contributed by atoms with Crippen LogP contribution in [0.2, 0.25) is 0 Å².